The van der Waals surface area contributed by atoms with E-state index in [0.29, 0.717) is 21.2 Å². The zero-order valence-corrected chi connectivity index (χ0v) is 20.1. The van der Waals surface area contributed by atoms with Gasteiger partial charge in [-0.05, 0) is 61.8 Å². The highest BCUT2D eigenvalue weighted by Crippen LogP contribution is 2.40. The minimum atomic E-state index is -0.423. The Hall–Kier alpha value is -3.23. The maximum Gasteiger partial charge on any atom is 0.341 e. The number of ether oxygens (including phenoxy) is 1. The summed E-state index contributed by atoms with van der Waals surface area (Å²) in [6.45, 7) is 3.61. The Kier molecular flexibility index (Phi) is 7.05. The van der Waals surface area contributed by atoms with E-state index in [-0.39, 0.29) is 5.91 Å². The van der Waals surface area contributed by atoms with Gasteiger partial charge in [-0.25, -0.2) is 4.79 Å². The number of nitrogens with one attached hydrogen (secondary N) is 2. The second kappa shape index (κ2) is 10.1. The lowest BCUT2D eigenvalue weighted by molar-refractivity contribution is 0.0603. The molecule has 0 saturated carbocycles. The van der Waals surface area contributed by atoms with Crippen molar-refractivity contribution in [1.82, 2.24) is 4.90 Å². The summed E-state index contributed by atoms with van der Waals surface area (Å²) in [4.78, 5) is 28.0. The lowest BCUT2D eigenvalue weighted by atomic mass is 10.0. The van der Waals surface area contributed by atoms with Crippen molar-refractivity contribution in [3.05, 3.63) is 70.6 Å². The number of esters is 1. The second-order valence-electron chi connectivity index (χ2n) is 7.75. The summed E-state index contributed by atoms with van der Waals surface area (Å²) in [5.41, 5.74) is 3.65. The maximum atomic E-state index is 12.6. The molecule has 0 unspecified atom stereocenters. The molecule has 6 nitrogen and oxygen atoms in total. The van der Waals surface area contributed by atoms with Crippen LogP contribution in [0.5, 0.6) is 0 Å². The predicted molar refractivity (Wildman–Crippen MR) is 137 cm³/mol. The summed E-state index contributed by atoms with van der Waals surface area (Å²) in [6, 6.07) is 17.0. The fraction of sp³-hybridized carbons (Fsp3) is 0.240. The Morgan fingerprint density at radius 2 is 1.67 bits per heavy atom. The molecule has 4 rings (SSSR count). The van der Waals surface area contributed by atoms with Crippen LogP contribution in [0.15, 0.2) is 54.6 Å². The number of likely N-dealkylation sites (tertiary alicyclic amines) is 1. The van der Waals surface area contributed by atoms with Crippen LogP contribution >= 0.6 is 23.6 Å². The Morgan fingerprint density at radius 1 is 1.00 bits per heavy atom. The highest BCUT2D eigenvalue weighted by molar-refractivity contribution is 7.80. The van der Waals surface area contributed by atoms with Gasteiger partial charge >= 0.3 is 5.97 Å². The standard InChI is InChI=1S/C25H25N3O3S2/c1-16-20(17-8-4-3-5-9-17)21(24(30)31-2)22(33-16)27-25(32)26-19-12-10-18(11-13-19)23(29)28-14-6-7-15-28/h3-5,8-13H,6-7,14-15H2,1-2H3,(H2,26,27,32). The van der Waals surface area contributed by atoms with Gasteiger partial charge in [-0.1, -0.05) is 30.3 Å². The number of nitrogens with zero attached hydrogens (tertiary/aromatic N) is 1. The molecule has 8 heteroatoms. The number of hydrogen-bond acceptors (Lipinski definition) is 5. The Labute approximate surface area is 202 Å². The Bertz CT molecular complexity index is 1170. The van der Waals surface area contributed by atoms with Crippen molar-refractivity contribution < 1.29 is 14.3 Å². The minimum Gasteiger partial charge on any atom is -0.465 e. The number of methoxy groups -OCH3 is 1. The van der Waals surface area contributed by atoms with Gasteiger partial charge in [0, 0.05) is 34.8 Å². The van der Waals surface area contributed by atoms with Gasteiger partial charge in [0.05, 0.1) is 7.11 Å². The molecule has 2 aromatic carbocycles. The van der Waals surface area contributed by atoms with Crippen LogP contribution < -0.4 is 10.6 Å². The van der Waals surface area contributed by atoms with Crippen molar-refractivity contribution >= 4 is 51.2 Å². The molecule has 170 valence electrons. The van der Waals surface area contributed by atoms with Crippen LogP contribution in [0.4, 0.5) is 10.7 Å². The maximum absolute atomic E-state index is 12.6. The predicted octanol–water partition coefficient (Wildman–Crippen LogP) is 5.56. The molecule has 1 aromatic heterocycles. The van der Waals surface area contributed by atoms with E-state index in [1.807, 2.05) is 54.3 Å². The van der Waals surface area contributed by atoms with Crippen LogP contribution in [-0.4, -0.2) is 42.1 Å². The molecule has 0 bridgehead atoms. The molecule has 3 aromatic rings. The molecule has 2 heterocycles. The number of benzene rings is 2. The number of hydrogen-bond donors (Lipinski definition) is 2. The van der Waals surface area contributed by atoms with E-state index in [2.05, 4.69) is 10.6 Å². The largest absolute Gasteiger partial charge is 0.465 e. The first-order valence-corrected chi connectivity index (χ1v) is 11.9. The third-order valence-electron chi connectivity index (χ3n) is 5.55. The van der Waals surface area contributed by atoms with Crippen molar-refractivity contribution in [2.75, 3.05) is 30.8 Å². The molecule has 1 saturated heterocycles. The average Bonchev–Trinajstić information content (AvgIpc) is 3.47. The van der Waals surface area contributed by atoms with Gasteiger partial charge in [0.2, 0.25) is 0 Å². The monoisotopic (exact) mass is 479 g/mol. The first-order valence-electron chi connectivity index (χ1n) is 10.7. The van der Waals surface area contributed by atoms with Crippen LogP contribution in [0.2, 0.25) is 0 Å². The van der Waals surface area contributed by atoms with Gasteiger partial charge in [0.15, 0.2) is 5.11 Å². The number of thiophene rings is 1. The van der Waals surface area contributed by atoms with Crippen LogP contribution in [0, 0.1) is 6.92 Å². The molecule has 1 aliphatic rings. The molecule has 0 aliphatic carbocycles. The quantitative estimate of drug-likeness (QED) is 0.369. The number of carbonyl (C=O) groups excluding carboxylic acids is 2. The second-order valence-corrected chi connectivity index (χ2v) is 9.38. The summed E-state index contributed by atoms with van der Waals surface area (Å²) in [6.07, 6.45) is 2.13. The van der Waals surface area contributed by atoms with Gasteiger partial charge < -0.3 is 20.3 Å². The lowest BCUT2D eigenvalue weighted by Gasteiger charge is -2.16. The van der Waals surface area contributed by atoms with Gasteiger partial charge in [-0.2, -0.15) is 0 Å². The first-order chi connectivity index (χ1) is 16.0. The highest BCUT2D eigenvalue weighted by Gasteiger charge is 2.24. The minimum absolute atomic E-state index is 0.0602. The average molecular weight is 480 g/mol. The smallest absolute Gasteiger partial charge is 0.341 e. The third-order valence-corrected chi connectivity index (χ3v) is 6.77. The topological polar surface area (TPSA) is 70.7 Å². The molecule has 1 aliphatic heterocycles. The van der Waals surface area contributed by atoms with Gasteiger partial charge in [-0.3, -0.25) is 4.79 Å². The Morgan fingerprint density at radius 3 is 2.30 bits per heavy atom. The summed E-state index contributed by atoms with van der Waals surface area (Å²) in [7, 11) is 1.37. The lowest BCUT2D eigenvalue weighted by Crippen LogP contribution is -2.27. The van der Waals surface area contributed by atoms with Crippen molar-refractivity contribution in [3.8, 4) is 11.1 Å². The normalized spacial score (nSPS) is 13.0. The Balaban J connectivity index is 1.50. The summed E-state index contributed by atoms with van der Waals surface area (Å²) in [5.74, 6) is -0.363. The van der Waals surface area contributed by atoms with Gasteiger partial charge in [-0.15, -0.1) is 11.3 Å². The van der Waals surface area contributed by atoms with E-state index in [0.717, 1.165) is 47.6 Å². The molecule has 0 radical (unpaired) electrons. The van der Waals surface area contributed by atoms with E-state index < -0.39 is 5.97 Å². The van der Waals surface area contributed by atoms with Crippen molar-refractivity contribution in [2.24, 2.45) is 0 Å². The van der Waals surface area contributed by atoms with Crippen LogP contribution in [0.25, 0.3) is 11.1 Å². The summed E-state index contributed by atoms with van der Waals surface area (Å²) < 4.78 is 5.06. The number of amides is 1. The number of carbonyl (C=O) groups is 2. The third kappa shape index (κ3) is 5.07. The van der Waals surface area contributed by atoms with E-state index in [4.69, 9.17) is 17.0 Å². The highest BCUT2D eigenvalue weighted by atomic mass is 32.1. The molecule has 0 spiro atoms. The van der Waals surface area contributed by atoms with Crippen molar-refractivity contribution in [2.45, 2.75) is 19.8 Å². The van der Waals surface area contributed by atoms with E-state index in [9.17, 15) is 9.59 Å². The summed E-state index contributed by atoms with van der Waals surface area (Å²) >= 11 is 6.95. The van der Waals surface area contributed by atoms with E-state index >= 15 is 0 Å². The number of rotatable bonds is 5. The molecule has 0 atom stereocenters. The molecule has 1 amide bonds. The number of anilines is 2. The van der Waals surface area contributed by atoms with Crippen molar-refractivity contribution in [1.29, 1.82) is 0 Å². The van der Waals surface area contributed by atoms with Crippen LogP contribution in [0.1, 0.15) is 38.4 Å². The SMILES string of the molecule is COC(=O)c1c(NC(=S)Nc2ccc(C(=O)N3CCCC3)cc2)sc(C)c1-c1ccccc1. The van der Waals surface area contributed by atoms with Gasteiger partial charge in [0.1, 0.15) is 10.6 Å². The fourth-order valence-corrected chi connectivity index (χ4v) is 5.30. The zero-order chi connectivity index (χ0) is 23.4. The van der Waals surface area contributed by atoms with E-state index in [1.165, 1.54) is 18.4 Å². The van der Waals surface area contributed by atoms with Crippen molar-refractivity contribution in [3.63, 3.8) is 0 Å². The molecular formula is C25H25N3O3S2. The fourth-order valence-electron chi connectivity index (χ4n) is 3.95. The molecule has 1 fully saturated rings. The van der Waals surface area contributed by atoms with Crippen LogP contribution in [-0.2, 0) is 4.74 Å². The zero-order valence-electron chi connectivity index (χ0n) is 18.5. The molecular weight excluding hydrogens is 454 g/mol. The summed E-state index contributed by atoms with van der Waals surface area (Å²) in [5, 5.41) is 7.25. The van der Waals surface area contributed by atoms with E-state index in [1.54, 1.807) is 12.1 Å². The van der Waals surface area contributed by atoms with Gasteiger partial charge in [0.25, 0.3) is 5.91 Å². The van der Waals surface area contributed by atoms with Crippen LogP contribution in [0.3, 0.4) is 0 Å². The molecule has 33 heavy (non-hydrogen) atoms. The first kappa shape index (κ1) is 22.9. The number of thiocarbonyl (C=S) groups is 1. The number of aryl methyl sites for hydroxylation is 1. The molecule has 2 N–H and O–H groups in total.